The Bertz CT molecular complexity index is 2830. The predicted molar refractivity (Wildman–Crippen MR) is 218 cm³/mol. The van der Waals surface area contributed by atoms with Crippen LogP contribution in [0.25, 0.3) is 75.5 Å². The first-order chi connectivity index (χ1) is 25.3. The van der Waals surface area contributed by atoms with Crippen LogP contribution in [-0.2, 0) is 0 Å². The van der Waals surface area contributed by atoms with Gasteiger partial charge >= 0.3 is 0 Å². The smallest absolute Gasteiger partial charge is 0.135 e. The summed E-state index contributed by atoms with van der Waals surface area (Å²) in [6.45, 7) is 0. The van der Waals surface area contributed by atoms with Gasteiger partial charge in [-0.15, -0.1) is 11.3 Å². The fourth-order valence-electron chi connectivity index (χ4n) is 7.35. The molecule has 0 saturated heterocycles. The lowest BCUT2D eigenvalue weighted by Crippen LogP contribution is -2.09. The van der Waals surface area contributed by atoms with Crippen molar-refractivity contribution in [2.24, 2.45) is 0 Å². The summed E-state index contributed by atoms with van der Waals surface area (Å²) < 4.78 is 8.75. The van der Waals surface area contributed by atoms with E-state index in [1.807, 2.05) is 23.5 Å². The average Bonchev–Trinajstić information content (AvgIpc) is 3.77. The number of rotatable bonds is 6. The highest BCUT2D eigenvalue weighted by molar-refractivity contribution is 7.26. The van der Waals surface area contributed by atoms with Crippen molar-refractivity contribution in [1.29, 1.82) is 0 Å². The number of furan rings is 1. The van der Waals surface area contributed by atoms with E-state index in [0.29, 0.717) is 0 Å². The summed E-state index contributed by atoms with van der Waals surface area (Å²) in [7, 11) is 0. The molecule has 2 nitrogen and oxygen atoms in total. The Labute approximate surface area is 300 Å². The molecule has 0 N–H and O–H groups in total. The molecule has 0 spiro atoms. The molecule has 10 aromatic rings. The summed E-state index contributed by atoms with van der Waals surface area (Å²) in [6, 6.07) is 67.4. The van der Waals surface area contributed by atoms with Gasteiger partial charge in [0.1, 0.15) is 11.2 Å². The van der Waals surface area contributed by atoms with Gasteiger partial charge in [0.25, 0.3) is 0 Å². The monoisotopic (exact) mass is 669 g/mol. The fourth-order valence-corrected chi connectivity index (χ4v) is 8.59. The van der Waals surface area contributed by atoms with Crippen molar-refractivity contribution in [2.75, 3.05) is 4.90 Å². The zero-order valence-corrected chi connectivity index (χ0v) is 28.5. The maximum absolute atomic E-state index is 6.09. The molecule has 0 aliphatic carbocycles. The minimum absolute atomic E-state index is 0.911. The molecule has 240 valence electrons. The first-order valence-electron chi connectivity index (χ1n) is 17.2. The Morgan fingerprint density at radius 1 is 0.353 bits per heavy atom. The normalized spacial score (nSPS) is 11.5. The van der Waals surface area contributed by atoms with E-state index in [2.05, 4.69) is 181 Å². The largest absolute Gasteiger partial charge is 0.456 e. The molecule has 3 heteroatoms. The van der Waals surface area contributed by atoms with E-state index in [9.17, 15) is 0 Å². The standard InChI is InChI=1S/C48H31NOS/c1-2-9-32(10-3-1)33-17-24-37(25-18-33)49(38-26-19-34(20-27-38)36-23-30-46-44(31-36)41-11-4-6-15-45(41)50-46)39-28-21-35(22-29-39)40-13-8-14-43-42-12-5-7-16-47(42)51-48(40)43/h1-31H. The number of hydrogen-bond acceptors (Lipinski definition) is 3. The van der Waals surface area contributed by atoms with Crippen molar-refractivity contribution >= 4 is 70.5 Å². The second-order valence-corrected chi connectivity index (χ2v) is 14.0. The van der Waals surface area contributed by atoms with Crippen LogP contribution in [0.15, 0.2) is 192 Å². The second kappa shape index (κ2) is 12.2. The zero-order valence-electron chi connectivity index (χ0n) is 27.7. The Morgan fingerprint density at radius 2 is 0.882 bits per heavy atom. The third-order valence-corrected chi connectivity index (χ3v) is 11.1. The van der Waals surface area contributed by atoms with E-state index in [1.54, 1.807) is 0 Å². The molecule has 51 heavy (non-hydrogen) atoms. The second-order valence-electron chi connectivity index (χ2n) is 12.9. The van der Waals surface area contributed by atoms with Gasteiger partial charge in [-0.05, 0) is 94.0 Å². The van der Waals surface area contributed by atoms with Gasteiger partial charge in [-0.25, -0.2) is 0 Å². The molecular formula is C48H31NOS. The highest BCUT2D eigenvalue weighted by Gasteiger charge is 2.16. The van der Waals surface area contributed by atoms with Crippen LogP contribution in [0.1, 0.15) is 0 Å². The molecule has 0 saturated carbocycles. The topological polar surface area (TPSA) is 16.4 Å². The lowest BCUT2D eigenvalue weighted by molar-refractivity contribution is 0.669. The number of benzene rings is 8. The molecule has 0 radical (unpaired) electrons. The third-order valence-electron chi connectivity index (χ3n) is 9.91. The van der Waals surface area contributed by atoms with Crippen molar-refractivity contribution < 1.29 is 4.42 Å². The maximum Gasteiger partial charge on any atom is 0.135 e. The summed E-state index contributed by atoms with van der Waals surface area (Å²) >= 11 is 1.87. The minimum Gasteiger partial charge on any atom is -0.456 e. The number of thiophene rings is 1. The maximum atomic E-state index is 6.09. The predicted octanol–water partition coefficient (Wildman–Crippen LogP) is 14.4. The van der Waals surface area contributed by atoms with Gasteiger partial charge in [-0.2, -0.15) is 0 Å². The Hall–Kier alpha value is -6.42. The van der Waals surface area contributed by atoms with Gasteiger partial charge in [-0.3, -0.25) is 0 Å². The first kappa shape index (κ1) is 29.5. The van der Waals surface area contributed by atoms with Crippen LogP contribution in [0.4, 0.5) is 17.1 Å². The van der Waals surface area contributed by atoms with Gasteiger partial charge in [0.15, 0.2) is 0 Å². The van der Waals surface area contributed by atoms with E-state index < -0.39 is 0 Å². The molecule has 0 aliphatic rings. The minimum atomic E-state index is 0.911. The van der Waals surface area contributed by atoms with Crippen LogP contribution in [0.3, 0.4) is 0 Å². The number of para-hydroxylation sites is 1. The van der Waals surface area contributed by atoms with Crippen molar-refractivity contribution in [2.45, 2.75) is 0 Å². The SMILES string of the molecule is c1ccc(-c2ccc(N(c3ccc(-c4ccc5oc6ccccc6c5c4)cc3)c3ccc(-c4cccc5c4sc4ccccc45)cc3)cc2)cc1. The van der Waals surface area contributed by atoms with Crippen molar-refractivity contribution in [3.05, 3.63) is 188 Å². The lowest BCUT2D eigenvalue weighted by atomic mass is 10.0. The molecule has 0 fully saturated rings. The van der Waals surface area contributed by atoms with Crippen LogP contribution < -0.4 is 4.90 Å². The van der Waals surface area contributed by atoms with Crippen molar-refractivity contribution in [1.82, 2.24) is 0 Å². The summed E-state index contributed by atoms with van der Waals surface area (Å²) in [5.74, 6) is 0. The Morgan fingerprint density at radius 3 is 1.61 bits per heavy atom. The van der Waals surface area contributed by atoms with Gasteiger partial charge in [0.2, 0.25) is 0 Å². The molecular weight excluding hydrogens is 639 g/mol. The summed E-state index contributed by atoms with van der Waals surface area (Å²) in [5.41, 5.74) is 12.4. The van der Waals surface area contributed by atoms with E-state index in [-0.39, 0.29) is 0 Å². The van der Waals surface area contributed by atoms with Crippen LogP contribution in [0.5, 0.6) is 0 Å². The zero-order chi connectivity index (χ0) is 33.7. The molecule has 8 aromatic carbocycles. The van der Waals surface area contributed by atoms with Crippen LogP contribution in [-0.4, -0.2) is 0 Å². The van der Waals surface area contributed by atoms with Crippen molar-refractivity contribution in [3.8, 4) is 33.4 Å². The highest BCUT2D eigenvalue weighted by atomic mass is 32.1. The highest BCUT2D eigenvalue weighted by Crippen LogP contribution is 2.42. The van der Waals surface area contributed by atoms with E-state index in [0.717, 1.165) is 44.6 Å². The molecule has 2 aromatic heterocycles. The molecule has 0 unspecified atom stereocenters. The average molecular weight is 670 g/mol. The molecule has 10 rings (SSSR count). The number of nitrogens with zero attached hydrogens (tertiary/aromatic N) is 1. The number of hydrogen-bond donors (Lipinski definition) is 0. The molecule has 0 bridgehead atoms. The third kappa shape index (κ3) is 5.18. The summed E-state index contributed by atoms with van der Waals surface area (Å²) in [4.78, 5) is 2.34. The molecule has 0 amide bonds. The van der Waals surface area contributed by atoms with E-state index in [1.165, 1.54) is 48.0 Å². The summed E-state index contributed by atoms with van der Waals surface area (Å²) in [5, 5.41) is 4.92. The first-order valence-corrected chi connectivity index (χ1v) is 18.1. The van der Waals surface area contributed by atoms with Gasteiger partial charge in [-0.1, -0.05) is 127 Å². The number of anilines is 3. The van der Waals surface area contributed by atoms with Crippen LogP contribution in [0, 0.1) is 0 Å². The molecule has 0 atom stereocenters. The summed E-state index contributed by atoms with van der Waals surface area (Å²) in [6.07, 6.45) is 0. The molecule has 2 heterocycles. The Balaban J connectivity index is 1.04. The van der Waals surface area contributed by atoms with E-state index >= 15 is 0 Å². The van der Waals surface area contributed by atoms with Crippen LogP contribution in [0.2, 0.25) is 0 Å². The van der Waals surface area contributed by atoms with Gasteiger partial charge in [0, 0.05) is 48.0 Å². The fraction of sp³-hybridized carbons (Fsp3) is 0. The quantitative estimate of drug-likeness (QED) is 0.175. The number of fused-ring (bicyclic) bond motifs is 6. The van der Waals surface area contributed by atoms with Gasteiger partial charge < -0.3 is 9.32 Å². The molecule has 0 aliphatic heterocycles. The van der Waals surface area contributed by atoms with Gasteiger partial charge in [0.05, 0.1) is 0 Å². The lowest BCUT2D eigenvalue weighted by Gasteiger charge is -2.26. The Kier molecular flexibility index (Phi) is 7.04. The van der Waals surface area contributed by atoms with Crippen LogP contribution >= 0.6 is 11.3 Å². The van der Waals surface area contributed by atoms with E-state index in [4.69, 9.17) is 4.42 Å². The van der Waals surface area contributed by atoms with Crippen molar-refractivity contribution in [3.63, 3.8) is 0 Å².